The second-order valence-electron chi connectivity index (χ2n) is 4.61. The molecule has 0 saturated carbocycles. The third-order valence-electron chi connectivity index (χ3n) is 3.39. The van der Waals surface area contributed by atoms with Crippen LogP contribution in [0.2, 0.25) is 0 Å². The Morgan fingerprint density at radius 2 is 2.37 bits per heavy atom. The summed E-state index contributed by atoms with van der Waals surface area (Å²) >= 11 is 9.07. The molecular formula is C13H13BrClFN2O. The lowest BCUT2D eigenvalue weighted by atomic mass is 10.2. The predicted molar refractivity (Wildman–Crippen MR) is 76.3 cm³/mol. The Balaban J connectivity index is 2.19. The van der Waals surface area contributed by atoms with Crippen LogP contribution in [0.15, 0.2) is 16.6 Å². The number of aromatic nitrogens is 2. The Labute approximate surface area is 123 Å². The Hall–Kier alpha value is -0.650. The fourth-order valence-electron chi connectivity index (χ4n) is 2.53. The average Bonchev–Trinajstić information content (AvgIpc) is 2.98. The number of nitrogens with zero attached hydrogens (tertiary/aromatic N) is 2. The zero-order valence-electron chi connectivity index (χ0n) is 10.2. The zero-order valence-corrected chi connectivity index (χ0v) is 12.5. The van der Waals surface area contributed by atoms with Crippen LogP contribution in [0, 0.1) is 5.82 Å². The number of hydrogen-bond acceptors (Lipinski definition) is 2. The maximum atomic E-state index is 13.6. The maximum Gasteiger partial charge on any atom is 0.139 e. The molecule has 1 aromatic carbocycles. The number of benzene rings is 1. The average molecular weight is 348 g/mol. The summed E-state index contributed by atoms with van der Waals surface area (Å²) in [7, 11) is 0. The number of rotatable bonds is 3. The van der Waals surface area contributed by atoms with E-state index in [9.17, 15) is 4.39 Å². The highest BCUT2D eigenvalue weighted by Crippen LogP contribution is 2.30. The Kier molecular flexibility index (Phi) is 3.78. The first-order valence-corrected chi connectivity index (χ1v) is 7.53. The molecule has 0 aliphatic carbocycles. The Bertz CT molecular complexity index is 610. The van der Waals surface area contributed by atoms with Crippen molar-refractivity contribution in [3.05, 3.63) is 28.2 Å². The molecule has 1 atom stereocenters. The van der Waals surface area contributed by atoms with Gasteiger partial charge in [0.15, 0.2) is 0 Å². The van der Waals surface area contributed by atoms with Gasteiger partial charge in [-0.15, -0.1) is 11.6 Å². The molecule has 0 spiro atoms. The first kappa shape index (κ1) is 13.3. The molecule has 3 rings (SSSR count). The molecule has 102 valence electrons. The molecule has 1 aliphatic heterocycles. The van der Waals surface area contributed by atoms with Crippen molar-refractivity contribution >= 4 is 38.6 Å². The minimum Gasteiger partial charge on any atom is -0.379 e. The minimum absolute atomic E-state index is 0.264. The lowest BCUT2D eigenvalue weighted by Crippen LogP contribution is -2.12. The van der Waals surface area contributed by atoms with E-state index < -0.39 is 0 Å². The fourth-order valence-corrected chi connectivity index (χ4v) is 3.03. The third kappa shape index (κ3) is 2.39. The van der Waals surface area contributed by atoms with Crippen molar-refractivity contribution in [2.45, 2.75) is 18.9 Å². The van der Waals surface area contributed by atoms with Gasteiger partial charge in [-0.2, -0.15) is 0 Å². The SMILES string of the molecule is Fc1cc2nc(CCCl)n(C3CCOC3)c2cc1Br. The fraction of sp³-hybridized carbons (Fsp3) is 0.462. The van der Waals surface area contributed by atoms with E-state index in [0.717, 1.165) is 24.4 Å². The van der Waals surface area contributed by atoms with Gasteiger partial charge < -0.3 is 9.30 Å². The van der Waals surface area contributed by atoms with Crippen LogP contribution in [0.5, 0.6) is 0 Å². The maximum absolute atomic E-state index is 13.6. The molecule has 1 aliphatic rings. The van der Waals surface area contributed by atoms with Gasteiger partial charge in [0.2, 0.25) is 0 Å². The predicted octanol–water partition coefficient (Wildman–Crippen LogP) is 3.68. The second-order valence-corrected chi connectivity index (χ2v) is 5.84. The number of alkyl halides is 1. The van der Waals surface area contributed by atoms with Crippen LogP contribution < -0.4 is 0 Å². The van der Waals surface area contributed by atoms with Crippen LogP contribution in [0.4, 0.5) is 4.39 Å². The molecule has 1 unspecified atom stereocenters. The molecule has 1 saturated heterocycles. The molecular weight excluding hydrogens is 335 g/mol. The van der Waals surface area contributed by atoms with E-state index in [0.29, 0.717) is 28.9 Å². The minimum atomic E-state index is -0.294. The molecule has 0 bridgehead atoms. The summed E-state index contributed by atoms with van der Waals surface area (Å²) in [4.78, 5) is 4.51. The van der Waals surface area contributed by atoms with Crippen molar-refractivity contribution in [3.63, 3.8) is 0 Å². The first-order valence-electron chi connectivity index (χ1n) is 6.20. The normalized spacial score (nSPS) is 19.4. The largest absolute Gasteiger partial charge is 0.379 e. The van der Waals surface area contributed by atoms with Crippen LogP contribution >= 0.6 is 27.5 Å². The molecule has 3 nitrogen and oxygen atoms in total. The highest BCUT2D eigenvalue weighted by atomic mass is 79.9. The van der Waals surface area contributed by atoms with Gasteiger partial charge >= 0.3 is 0 Å². The van der Waals surface area contributed by atoms with Gasteiger partial charge in [-0.1, -0.05) is 0 Å². The van der Waals surface area contributed by atoms with E-state index in [4.69, 9.17) is 16.3 Å². The molecule has 2 heterocycles. The standard InChI is InChI=1S/C13H13BrClFN2O/c14-9-5-12-11(6-10(9)16)17-13(1-3-15)18(12)8-2-4-19-7-8/h5-6,8H,1-4,7H2. The van der Waals surface area contributed by atoms with Crippen molar-refractivity contribution in [1.82, 2.24) is 9.55 Å². The number of hydrogen-bond donors (Lipinski definition) is 0. The first-order chi connectivity index (χ1) is 9.20. The Morgan fingerprint density at radius 1 is 1.53 bits per heavy atom. The molecule has 0 radical (unpaired) electrons. The number of imidazole rings is 1. The monoisotopic (exact) mass is 346 g/mol. The van der Waals surface area contributed by atoms with Gasteiger partial charge in [-0.25, -0.2) is 9.37 Å². The lowest BCUT2D eigenvalue weighted by molar-refractivity contribution is 0.186. The van der Waals surface area contributed by atoms with E-state index >= 15 is 0 Å². The van der Waals surface area contributed by atoms with Crippen LogP contribution in [-0.2, 0) is 11.2 Å². The van der Waals surface area contributed by atoms with Gasteiger partial charge in [-0.05, 0) is 28.4 Å². The summed E-state index contributed by atoms with van der Waals surface area (Å²) in [6.45, 7) is 1.43. The summed E-state index contributed by atoms with van der Waals surface area (Å²) in [5.41, 5.74) is 1.61. The topological polar surface area (TPSA) is 27.1 Å². The molecule has 2 aromatic rings. The summed E-state index contributed by atoms with van der Waals surface area (Å²) < 4.78 is 21.7. The van der Waals surface area contributed by atoms with Gasteiger partial charge in [-0.3, -0.25) is 0 Å². The van der Waals surface area contributed by atoms with E-state index in [1.165, 1.54) is 6.07 Å². The van der Waals surface area contributed by atoms with Crippen molar-refractivity contribution in [2.24, 2.45) is 0 Å². The molecule has 19 heavy (non-hydrogen) atoms. The van der Waals surface area contributed by atoms with E-state index in [2.05, 4.69) is 25.5 Å². The van der Waals surface area contributed by atoms with Crippen molar-refractivity contribution in [1.29, 1.82) is 0 Å². The van der Waals surface area contributed by atoms with Gasteiger partial charge in [0, 0.05) is 25.0 Å². The molecule has 0 amide bonds. The van der Waals surface area contributed by atoms with Gasteiger partial charge in [0.25, 0.3) is 0 Å². The van der Waals surface area contributed by atoms with Crippen molar-refractivity contribution in [2.75, 3.05) is 19.1 Å². The van der Waals surface area contributed by atoms with Crippen LogP contribution in [0.1, 0.15) is 18.3 Å². The summed E-state index contributed by atoms with van der Waals surface area (Å²) in [5.74, 6) is 1.11. The quantitative estimate of drug-likeness (QED) is 0.792. The molecule has 6 heteroatoms. The lowest BCUT2D eigenvalue weighted by Gasteiger charge is -2.14. The van der Waals surface area contributed by atoms with Gasteiger partial charge in [0.05, 0.1) is 28.2 Å². The van der Waals surface area contributed by atoms with E-state index in [-0.39, 0.29) is 11.9 Å². The number of ether oxygens (including phenoxy) is 1. The third-order valence-corrected chi connectivity index (χ3v) is 4.19. The van der Waals surface area contributed by atoms with Crippen LogP contribution in [-0.4, -0.2) is 28.6 Å². The summed E-state index contributed by atoms with van der Waals surface area (Å²) in [5, 5.41) is 0. The molecule has 1 aromatic heterocycles. The molecule has 0 N–H and O–H groups in total. The molecule has 1 fully saturated rings. The highest BCUT2D eigenvalue weighted by Gasteiger charge is 2.23. The smallest absolute Gasteiger partial charge is 0.139 e. The van der Waals surface area contributed by atoms with E-state index in [1.807, 2.05) is 0 Å². The number of aryl methyl sites for hydroxylation is 1. The number of fused-ring (bicyclic) bond motifs is 1. The summed E-state index contributed by atoms with van der Waals surface area (Å²) in [6.07, 6.45) is 1.63. The Morgan fingerprint density at radius 3 is 3.05 bits per heavy atom. The summed E-state index contributed by atoms with van der Waals surface area (Å²) in [6, 6.07) is 3.51. The zero-order chi connectivity index (χ0) is 13.4. The van der Waals surface area contributed by atoms with Gasteiger partial charge in [0.1, 0.15) is 11.6 Å². The van der Waals surface area contributed by atoms with E-state index in [1.54, 1.807) is 6.07 Å². The van der Waals surface area contributed by atoms with Crippen molar-refractivity contribution < 1.29 is 9.13 Å². The van der Waals surface area contributed by atoms with Crippen molar-refractivity contribution in [3.8, 4) is 0 Å². The second kappa shape index (κ2) is 5.38. The highest BCUT2D eigenvalue weighted by molar-refractivity contribution is 9.10. The van der Waals surface area contributed by atoms with Crippen LogP contribution in [0.3, 0.4) is 0 Å². The number of halogens is 3. The van der Waals surface area contributed by atoms with Crippen LogP contribution in [0.25, 0.3) is 11.0 Å².